The lowest BCUT2D eigenvalue weighted by atomic mass is 10.2. The zero-order valence-corrected chi connectivity index (χ0v) is 11.5. The summed E-state index contributed by atoms with van der Waals surface area (Å²) >= 11 is 1.43. The van der Waals surface area contributed by atoms with Crippen LogP contribution in [0.4, 0.5) is 5.13 Å². The number of carboxylic acid groups (broad SMARTS) is 1. The molecule has 0 saturated carbocycles. The SMILES string of the molecule is CCc1nsc(N2CCN(C(C)C(=O)O)CC2)n1. The number of aryl methyl sites for hydroxylation is 1. The molecule has 1 aliphatic heterocycles. The monoisotopic (exact) mass is 270 g/mol. The molecular weight excluding hydrogens is 252 g/mol. The lowest BCUT2D eigenvalue weighted by Gasteiger charge is -2.36. The first kappa shape index (κ1) is 13.2. The Morgan fingerprint density at radius 3 is 2.61 bits per heavy atom. The number of carbonyl (C=O) groups is 1. The van der Waals surface area contributed by atoms with Gasteiger partial charge in [0.25, 0.3) is 0 Å². The van der Waals surface area contributed by atoms with Crippen LogP contribution in [0.1, 0.15) is 19.7 Å². The number of hydrogen-bond acceptors (Lipinski definition) is 6. The predicted molar refractivity (Wildman–Crippen MR) is 70.2 cm³/mol. The second-order valence-corrected chi connectivity index (χ2v) is 5.11. The van der Waals surface area contributed by atoms with Crippen LogP contribution in [0.25, 0.3) is 0 Å². The zero-order valence-electron chi connectivity index (χ0n) is 10.7. The van der Waals surface area contributed by atoms with E-state index in [1.807, 2.05) is 11.8 Å². The van der Waals surface area contributed by atoms with Gasteiger partial charge in [0.15, 0.2) is 0 Å². The molecule has 2 rings (SSSR count). The number of hydrogen-bond donors (Lipinski definition) is 1. The fourth-order valence-corrected chi connectivity index (χ4v) is 2.77. The molecule has 0 bridgehead atoms. The highest BCUT2D eigenvalue weighted by Gasteiger charge is 2.26. The maximum atomic E-state index is 10.9. The van der Waals surface area contributed by atoms with Gasteiger partial charge in [0.2, 0.25) is 5.13 Å². The van der Waals surface area contributed by atoms with Crippen molar-refractivity contribution in [3.05, 3.63) is 5.82 Å². The van der Waals surface area contributed by atoms with Gasteiger partial charge in [0.1, 0.15) is 11.9 Å². The highest BCUT2D eigenvalue weighted by molar-refractivity contribution is 7.09. The molecule has 0 aromatic carbocycles. The molecule has 2 heterocycles. The summed E-state index contributed by atoms with van der Waals surface area (Å²) in [7, 11) is 0. The largest absolute Gasteiger partial charge is 0.480 e. The van der Waals surface area contributed by atoms with E-state index in [1.165, 1.54) is 11.5 Å². The quantitative estimate of drug-likeness (QED) is 0.868. The van der Waals surface area contributed by atoms with E-state index in [2.05, 4.69) is 14.3 Å². The Morgan fingerprint density at radius 2 is 2.11 bits per heavy atom. The minimum atomic E-state index is -0.757. The average Bonchev–Trinajstić information content (AvgIpc) is 2.86. The molecule has 6 nitrogen and oxygen atoms in total. The van der Waals surface area contributed by atoms with Gasteiger partial charge < -0.3 is 10.0 Å². The Kier molecular flexibility index (Phi) is 4.13. The van der Waals surface area contributed by atoms with Crippen LogP contribution in [-0.2, 0) is 11.2 Å². The first-order valence-electron chi connectivity index (χ1n) is 6.16. The van der Waals surface area contributed by atoms with Crippen molar-refractivity contribution in [2.75, 3.05) is 31.1 Å². The Morgan fingerprint density at radius 1 is 1.44 bits per heavy atom. The predicted octanol–water partition coefficient (Wildman–Crippen LogP) is 0.696. The molecule has 18 heavy (non-hydrogen) atoms. The van der Waals surface area contributed by atoms with Crippen molar-refractivity contribution in [3.63, 3.8) is 0 Å². The van der Waals surface area contributed by atoms with Gasteiger partial charge in [-0.05, 0) is 6.92 Å². The summed E-state index contributed by atoms with van der Waals surface area (Å²) in [5.74, 6) is 0.129. The average molecular weight is 270 g/mol. The fraction of sp³-hybridized carbons (Fsp3) is 0.727. The van der Waals surface area contributed by atoms with E-state index in [0.717, 1.165) is 43.6 Å². The Bertz CT molecular complexity index is 415. The van der Waals surface area contributed by atoms with Crippen molar-refractivity contribution < 1.29 is 9.90 Å². The molecule has 1 aromatic heterocycles. The minimum absolute atomic E-state index is 0.409. The van der Waals surface area contributed by atoms with Gasteiger partial charge in [-0.15, -0.1) is 0 Å². The number of nitrogens with zero attached hydrogens (tertiary/aromatic N) is 4. The van der Waals surface area contributed by atoms with Crippen LogP contribution in [0, 0.1) is 0 Å². The number of aromatic nitrogens is 2. The smallest absolute Gasteiger partial charge is 0.320 e. The van der Waals surface area contributed by atoms with E-state index in [-0.39, 0.29) is 0 Å². The maximum absolute atomic E-state index is 10.9. The van der Waals surface area contributed by atoms with Crippen molar-refractivity contribution in [3.8, 4) is 0 Å². The molecule has 0 spiro atoms. The van der Waals surface area contributed by atoms with Crippen molar-refractivity contribution in [2.24, 2.45) is 0 Å². The minimum Gasteiger partial charge on any atom is -0.480 e. The molecule has 1 fully saturated rings. The van der Waals surface area contributed by atoms with E-state index < -0.39 is 12.0 Å². The lowest BCUT2D eigenvalue weighted by molar-refractivity contribution is -0.142. The maximum Gasteiger partial charge on any atom is 0.320 e. The van der Waals surface area contributed by atoms with Gasteiger partial charge in [-0.3, -0.25) is 9.69 Å². The normalized spacial score (nSPS) is 18.9. The van der Waals surface area contributed by atoms with E-state index in [4.69, 9.17) is 5.11 Å². The molecule has 0 amide bonds. The van der Waals surface area contributed by atoms with E-state index in [9.17, 15) is 4.79 Å². The van der Waals surface area contributed by atoms with Crippen LogP contribution in [0.15, 0.2) is 0 Å². The molecule has 100 valence electrons. The summed E-state index contributed by atoms with van der Waals surface area (Å²) in [5.41, 5.74) is 0. The van der Waals surface area contributed by atoms with Crippen LogP contribution in [0.3, 0.4) is 0 Å². The highest BCUT2D eigenvalue weighted by Crippen LogP contribution is 2.19. The number of carboxylic acids is 1. The third-order valence-electron chi connectivity index (χ3n) is 3.26. The second kappa shape index (κ2) is 5.62. The fourth-order valence-electron chi connectivity index (χ4n) is 1.97. The number of rotatable bonds is 4. The van der Waals surface area contributed by atoms with Crippen LogP contribution < -0.4 is 4.90 Å². The van der Waals surface area contributed by atoms with Crippen molar-refractivity contribution >= 4 is 22.6 Å². The lowest BCUT2D eigenvalue weighted by Crippen LogP contribution is -2.51. The molecule has 1 unspecified atom stereocenters. The summed E-state index contributed by atoms with van der Waals surface area (Å²) in [4.78, 5) is 19.5. The van der Waals surface area contributed by atoms with Gasteiger partial charge in [0, 0.05) is 44.1 Å². The zero-order chi connectivity index (χ0) is 13.1. The summed E-state index contributed by atoms with van der Waals surface area (Å²) in [6, 6.07) is -0.409. The number of aliphatic carboxylic acids is 1. The molecule has 1 aliphatic rings. The van der Waals surface area contributed by atoms with Crippen LogP contribution in [0.5, 0.6) is 0 Å². The number of piperazine rings is 1. The van der Waals surface area contributed by atoms with E-state index in [1.54, 1.807) is 6.92 Å². The molecular formula is C11H18N4O2S. The van der Waals surface area contributed by atoms with Crippen LogP contribution in [-0.4, -0.2) is 57.6 Å². The van der Waals surface area contributed by atoms with Gasteiger partial charge >= 0.3 is 5.97 Å². The Hall–Kier alpha value is -1.21. The third kappa shape index (κ3) is 2.78. The van der Waals surface area contributed by atoms with Gasteiger partial charge in [-0.1, -0.05) is 6.92 Å². The topological polar surface area (TPSA) is 69.6 Å². The van der Waals surface area contributed by atoms with Crippen LogP contribution >= 0.6 is 11.5 Å². The third-order valence-corrected chi connectivity index (χ3v) is 4.08. The molecule has 0 aliphatic carbocycles. The molecule has 1 atom stereocenters. The first-order valence-corrected chi connectivity index (χ1v) is 6.93. The molecule has 1 aromatic rings. The molecule has 1 saturated heterocycles. The van der Waals surface area contributed by atoms with Gasteiger partial charge in [0.05, 0.1) is 0 Å². The van der Waals surface area contributed by atoms with Crippen molar-refractivity contribution in [1.82, 2.24) is 14.3 Å². The molecule has 0 radical (unpaired) electrons. The van der Waals surface area contributed by atoms with E-state index >= 15 is 0 Å². The summed E-state index contributed by atoms with van der Waals surface area (Å²) in [6.07, 6.45) is 0.854. The number of anilines is 1. The highest BCUT2D eigenvalue weighted by atomic mass is 32.1. The Labute approximate surface area is 110 Å². The molecule has 1 N–H and O–H groups in total. The van der Waals surface area contributed by atoms with Crippen molar-refractivity contribution in [1.29, 1.82) is 0 Å². The second-order valence-electron chi connectivity index (χ2n) is 4.38. The summed E-state index contributed by atoms with van der Waals surface area (Å²) in [5, 5.41) is 9.93. The Balaban J connectivity index is 1.92. The van der Waals surface area contributed by atoms with Gasteiger partial charge in [-0.25, -0.2) is 4.98 Å². The molecule has 7 heteroatoms. The summed E-state index contributed by atoms with van der Waals surface area (Å²) in [6.45, 7) is 6.92. The summed E-state index contributed by atoms with van der Waals surface area (Å²) < 4.78 is 4.27. The van der Waals surface area contributed by atoms with E-state index in [0.29, 0.717) is 0 Å². The van der Waals surface area contributed by atoms with Gasteiger partial charge in [-0.2, -0.15) is 4.37 Å². The first-order chi connectivity index (χ1) is 8.61. The standard InChI is InChI=1S/C11H18N4O2S/c1-3-9-12-11(18-13-9)15-6-4-14(5-7-15)8(2)10(16)17/h8H,3-7H2,1-2H3,(H,16,17). The van der Waals surface area contributed by atoms with Crippen LogP contribution in [0.2, 0.25) is 0 Å². The van der Waals surface area contributed by atoms with Crippen molar-refractivity contribution in [2.45, 2.75) is 26.3 Å².